The highest BCUT2D eigenvalue weighted by Gasteiger charge is 2.27. The molecule has 2 N–H and O–H groups in total. The fourth-order valence-corrected chi connectivity index (χ4v) is 4.26. The molecule has 266 valence electrons. The van der Waals surface area contributed by atoms with Crippen molar-refractivity contribution in [3.05, 3.63) is 42.0 Å². The molecular weight excluding hydrogens is 626 g/mol. The van der Waals surface area contributed by atoms with E-state index in [1.165, 1.54) is 12.2 Å². The average Bonchev–Trinajstić information content (AvgIpc) is 3.37. The molecule has 2 atom stereocenters. The number of rotatable bonds is 24. The van der Waals surface area contributed by atoms with Crippen LogP contribution in [-0.2, 0) is 59.1 Å². The van der Waals surface area contributed by atoms with Crippen LogP contribution in [0.1, 0.15) is 46.6 Å². The molecule has 2 rings (SSSR count). The Morgan fingerprint density at radius 3 is 1.83 bits per heavy atom. The van der Waals surface area contributed by atoms with Crippen LogP contribution in [0.5, 0.6) is 0 Å². The second-order valence-electron chi connectivity index (χ2n) is 11.9. The molecule has 14 nitrogen and oxygen atoms in total. The monoisotopic (exact) mass is 675 g/mol. The van der Waals surface area contributed by atoms with Crippen LogP contribution in [-0.4, -0.2) is 106 Å². The largest absolute Gasteiger partial charge is 0.461 e. The summed E-state index contributed by atoms with van der Waals surface area (Å²) in [5.74, 6) is -3.06. The molecule has 4 amide bonds. The highest BCUT2D eigenvalue weighted by atomic mass is 16.6. The number of anilines is 1. The lowest BCUT2D eigenvalue weighted by atomic mass is 9.92. The third-order valence-electron chi connectivity index (χ3n) is 7.07. The van der Waals surface area contributed by atoms with E-state index in [9.17, 15) is 28.8 Å². The van der Waals surface area contributed by atoms with Gasteiger partial charge in [0.05, 0.1) is 64.8 Å². The fraction of sp³-hybridized carbons (Fsp3) is 0.588. The zero-order chi connectivity index (χ0) is 35.5. The van der Waals surface area contributed by atoms with E-state index in [1.807, 2.05) is 13.8 Å². The number of amides is 4. The first-order chi connectivity index (χ1) is 22.9. The van der Waals surface area contributed by atoms with Crippen LogP contribution in [0.4, 0.5) is 5.69 Å². The molecule has 0 fully saturated rings. The van der Waals surface area contributed by atoms with Crippen molar-refractivity contribution in [1.82, 2.24) is 10.2 Å². The van der Waals surface area contributed by atoms with Crippen LogP contribution in [0.25, 0.3) is 0 Å². The molecular formula is C34H49N3O11. The van der Waals surface area contributed by atoms with Gasteiger partial charge >= 0.3 is 5.97 Å². The van der Waals surface area contributed by atoms with Gasteiger partial charge < -0.3 is 34.3 Å². The number of benzene rings is 1. The van der Waals surface area contributed by atoms with Crippen molar-refractivity contribution < 1.29 is 52.5 Å². The molecule has 1 aromatic carbocycles. The topological polar surface area (TPSA) is 176 Å². The molecule has 0 bridgehead atoms. The van der Waals surface area contributed by atoms with E-state index in [0.29, 0.717) is 32.1 Å². The number of ether oxygens (including phenoxy) is 5. The van der Waals surface area contributed by atoms with Crippen molar-refractivity contribution >= 4 is 41.1 Å². The van der Waals surface area contributed by atoms with E-state index >= 15 is 0 Å². The second-order valence-corrected chi connectivity index (χ2v) is 11.9. The number of hydrogen-bond donors (Lipinski definition) is 2. The van der Waals surface area contributed by atoms with Crippen LogP contribution < -0.4 is 10.6 Å². The zero-order valence-electron chi connectivity index (χ0n) is 28.5. The lowest BCUT2D eigenvalue weighted by molar-refractivity contribution is -0.148. The Kier molecular flexibility index (Phi) is 18.3. The molecule has 0 spiro atoms. The van der Waals surface area contributed by atoms with Gasteiger partial charge in [-0.3, -0.25) is 33.7 Å². The number of carbonyl (C=O) groups excluding carboxylic acids is 6. The van der Waals surface area contributed by atoms with E-state index in [-0.39, 0.29) is 87.3 Å². The summed E-state index contributed by atoms with van der Waals surface area (Å²) < 4.78 is 26.7. The van der Waals surface area contributed by atoms with Crippen molar-refractivity contribution in [2.45, 2.75) is 53.7 Å². The summed E-state index contributed by atoms with van der Waals surface area (Å²) in [4.78, 5) is 73.8. The number of nitrogens with zero attached hydrogens (tertiary/aromatic N) is 1. The van der Waals surface area contributed by atoms with E-state index in [1.54, 1.807) is 45.0 Å². The minimum atomic E-state index is -0.774. The Balaban J connectivity index is 1.56. The fourth-order valence-electron chi connectivity index (χ4n) is 4.26. The molecule has 1 aliphatic heterocycles. The molecule has 0 aliphatic carbocycles. The van der Waals surface area contributed by atoms with Gasteiger partial charge in [0.2, 0.25) is 11.8 Å². The molecule has 0 aromatic heterocycles. The zero-order valence-corrected chi connectivity index (χ0v) is 28.5. The summed E-state index contributed by atoms with van der Waals surface area (Å²) in [7, 11) is 0. The van der Waals surface area contributed by atoms with E-state index in [2.05, 4.69) is 10.6 Å². The van der Waals surface area contributed by atoms with Crippen molar-refractivity contribution in [3.8, 4) is 0 Å². The lowest BCUT2D eigenvalue weighted by Crippen LogP contribution is -2.46. The SMILES string of the molecule is CC(C)C(=O)OCc1ccc(NC(=O)[C@H](C)CC(=O)[C@@H](NC(=O)COCCOCCOCCOCCN2C(=O)C=CC2=O)C(C)C)cc1. The highest BCUT2D eigenvalue weighted by Crippen LogP contribution is 2.16. The third-order valence-corrected chi connectivity index (χ3v) is 7.07. The normalized spacial score (nSPS) is 14.0. The molecule has 0 radical (unpaired) electrons. The third kappa shape index (κ3) is 15.3. The number of ketones is 1. The standard InChI is InChI=1S/C34H49N3O11/c1-23(2)32(28(38)20-25(5)33(42)35-27-8-6-26(7-9-27)21-48-34(43)24(3)4)36-29(39)22-47-19-18-46-17-16-45-15-14-44-13-12-37-30(40)10-11-31(37)41/h6-11,23-25,32H,12-22H2,1-5H3,(H,35,42)(H,36,39)/t25-,32+/m1/s1. The van der Waals surface area contributed by atoms with Crippen LogP contribution >= 0.6 is 0 Å². The van der Waals surface area contributed by atoms with Crippen LogP contribution in [0.3, 0.4) is 0 Å². The number of esters is 1. The van der Waals surface area contributed by atoms with Gasteiger partial charge in [-0.1, -0.05) is 46.8 Å². The van der Waals surface area contributed by atoms with Crippen molar-refractivity contribution in [1.29, 1.82) is 0 Å². The van der Waals surface area contributed by atoms with E-state index in [0.717, 1.165) is 10.5 Å². The van der Waals surface area contributed by atoms with Crippen molar-refractivity contribution in [2.24, 2.45) is 17.8 Å². The van der Waals surface area contributed by atoms with Gasteiger partial charge in [-0.15, -0.1) is 0 Å². The summed E-state index contributed by atoms with van der Waals surface area (Å²) in [6.45, 7) is 10.8. The summed E-state index contributed by atoms with van der Waals surface area (Å²) in [5, 5.41) is 5.50. The predicted molar refractivity (Wildman–Crippen MR) is 174 cm³/mol. The molecule has 14 heteroatoms. The Morgan fingerprint density at radius 1 is 0.750 bits per heavy atom. The van der Waals surface area contributed by atoms with Crippen molar-refractivity contribution in [2.75, 3.05) is 64.7 Å². The summed E-state index contributed by atoms with van der Waals surface area (Å²) >= 11 is 0. The first-order valence-electron chi connectivity index (χ1n) is 16.1. The van der Waals surface area contributed by atoms with Crippen molar-refractivity contribution in [3.63, 3.8) is 0 Å². The first-order valence-corrected chi connectivity index (χ1v) is 16.1. The molecule has 0 saturated heterocycles. The summed E-state index contributed by atoms with van der Waals surface area (Å²) in [5.41, 5.74) is 1.33. The maximum absolute atomic E-state index is 13.0. The minimum Gasteiger partial charge on any atom is -0.461 e. The van der Waals surface area contributed by atoms with Crippen LogP contribution in [0.15, 0.2) is 36.4 Å². The highest BCUT2D eigenvalue weighted by molar-refractivity contribution is 6.12. The van der Waals surface area contributed by atoms with Gasteiger partial charge in [-0.05, 0) is 23.6 Å². The second kappa shape index (κ2) is 21.8. The smallest absolute Gasteiger partial charge is 0.308 e. The van der Waals surface area contributed by atoms with Gasteiger partial charge in [0.1, 0.15) is 13.2 Å². The van der Waals surface area contributed by atoms with Gasteiger partial charge in [-0.2, -0.15) is 0 Å². The quantitative estimate of drug-likeness (QED) is 0.0932. The van der Waals surface area contributed by atoms with Crippen LogP contribution in [0, 0.1) is 17.8 Å². The first kappa shape index (κ1) is 40.2. The lowest BCUT2D eigenvalue weighted by Gasteiger charge is -2.22. The molecule has 1 aliphatic rings. The number of Topliss-reactive ketones (excluding diaryl/α,β-unsaturated/α-hetero) is 1. The van der Waals surface area contributed by atoms with Gasteiger partial charge in [0, 0.05) is 30.2 Å². The summed E-state index contributed by atoms with van der Waals surface area (Å²) in [6.07, 6.45) is 2.40. The van der Waals surface area contributed by atoms with Gasteiger partial charge in [0.25, 0.3) is 11.8 Å². The molecule has 1 aromatic rings. The number of imide groups is 1. The maximum Gasteiger partial charge on any atom is 0.308 e. The Bertz CT molecular complexity index is 1230. The summed E-state index contributed by atoms with van der Waals surface area (Å²) in [6, 6.07) is 6.13. The maximum atomic E-state index is 13.0. The molecule has 0 unspecified atom stereocenters. The molecule has 1 heterocycles. The van der Waals surface area contributed by atoms with E-state index in [4.69, 9.17) is 23.7 Å². The van der Waals surface area contributed by atoms with Gasteiger partial charge in [-0.25, -0.2) is 0 Å². The van der Waals surface area contributed by atoms with E-state index < -0.39 is 17.9 Å². The predicted octanol–water partition coefficient (Wildman–Crippen LogP) is 2.05. The molecule has 48 heavy (non-hydrogen) atoms. The van der Waals surface area contributed by atoms with Gasteiger partial charge in [0.15, 0.2) is 5.78 Å². The average molecular weight is 676 g/mol. The molecule has 0 saturated carbocycles. The Hall–Kier alpha value is -3.98. The number of carbonyl (C=O) groups is 6. The Labute approximate surface area is 281 Å². The minimum absolute atomic E-state index is 0.0561. The van der Waals surface area contributed by atoms with Crippen LogP contribution in [0.2, 0.25) is 0 Å². The Morgan fingerprint density at radius 2 is 1.29 bits per heavy atom. The number of nitrogens with one attached hydrogen (secondary N) is 2. The number of hydrogen-bond acceptors (Lipinski definition) is 11.